The molecule has 2 aromatic carbocycles. The van der Waals surface area contributed by atoms with Crippen molar-refractivity contribution in [3.05, 3.63) is 89.1 Å². The first-order chi connectivity index (χ1) is 16.1. The maximum Gasteiger partial charge on any atom is 0.426 e. The maximum atomic E-state index is 14.7. The van der Waals surface area contributed by atoms with Gasteiger partial charge in [-0.3, -0.25) is 4.98 Å². The summed E-state index contributed by atoms with van der Waals surface area (Å²) in [4.78, 5) is 10.9. The molecule has 0 amide bonds. The van der Waals surface area contributed by atoms with Crippen LogP contribution in [0.2, 0.25) is 0 Å². The van der Waals surface area contributed by atoms with E-state index in [0.717, 1.165) is 28.9 Å². The second kappa shape index (κ2) is 8.03. The molecular formula is C26H24F5N3. The van der Waals surface area contributed by atoms with Gasteiger partial charge in [0.2, 0.25) is 5.67 Å². The second-order valence-electron chi connectivity index (χ2n) is 9.39. The second-order valence-corrected chi connectivity index (χ2v) is 9.39. The molecule has 0 radical (unpaired) electrons. The first-order valence-corrected chi connectivity index (χ1v) is 11.3. The fourth-order valence-electron chi connectivity index (χ4n) is 5.70. The summed E-state index contributed by atoms with van der Waals surface area (Å²) >= 11 is 0. The van der Waals surface area contributed by atoms with Gasteiger partial charge in [-0.1, -0.05) is 30.3 Å². The van der Waals surface area contributed by atoms with Gasteiger partial charge in [0.25, 0.3) is 0 Å². The zero-order valence-corrected chi connectivity index (χ0v) is 18.6. The standard InChI is InChI=1S/C26H24F5N3/c1-24(28,26(29,30)31)19-5-8-21-18(14-19)4-9-22-25(21,15-17-2-6-20(27)7-3-17)10-13-34(22)23-16-32-11-12-33-23/h2-3,5-8,11-12,14,16,22H,4,9-10,13,15H2,1H3/t22-,24?,25-/m1/s1. The monoisotopic (exact) mass is 473 g/mol. The van der Waals surface area contributed by atoms with E-state index in [1.807, 2.05) is 0 Å². The Morgan fingerprint density at radius 1 is 1.06 bits per heavy atom. The van der Waals surface area contributed by atoms with Gasteiger partial charge in [-0.15, -0.1) is 0 Å². The quantitative estimate of drug-likeness (QED) is 0.431. The van der Waals surface area contributed by atoms with Gasteiger partial charge in [0, 0.05) is 30.4 Å². The number of benzene rings is 2. The molecule has 0 saturated carbocycles. The first kappa shape index (κ1) is 22.7. The van der Waals surface area contributed by atoms with E-state index in [-0.39, 0.29) is 17.4 Å². The molecule has 1 saturated heterocycles. The minimum absolute atomic E-state index is 0.0342. The molecule has 178 valence electrons. The highest BCUT2D eigenvalue weighted by Gasteiger charge is 2.55. The van der Waals surface area contributed by atoms with E-state index < -0.39 is 17.3 Å². The number of alkyl halides is 4. The Morgan fingerprint density at radius 3 is 2.50 bits per heavy atom. The third-order valence-corrected chi connectivity index (χ3v) is 7.49. The fraction of sp³-hybridized carbons (Fsp3) is 0.385. The molecule has 8 heteroatoms. The summed E-state index contributed by atoms with van der Waals surface area (Å²) in [5.41, 5.74) is -1.62. The molecule has 3 nitrogen and oxygen atoms in total. The fourth-order valence-corrected chi connectivity index (χ4v) is 5.70. The summed E-state index contributed by atoms with van der Waals surface area (Å²) < 4.78 is 68.4. The molecule has 0 N–H and O–H groups in total. The van der Waals surface area contributed by atoms with Crippen molar-refractivity contribution >= 4 is 5.82 Å². The van der Waals surface area contributed by atoms with Crippen molar-refractivity contribution < 1.29 is 22.0 Å². The maximum absolute atomic E-state index is 14.7. The average molecular weight is 473 g/mol. The lowest BCUT2D eigenvalue weighted by molar-refractivity contribution is -0.228. The lowest BCUT2D eigenvalue weighted by atomic mass is 9.63. The van der Waals surface area contributed by atoms with Crippen LogP contribution >= 0.6 is 0 Å². The molecule has 3 atom stereocenters. The largest absolute Gasteiger partial charge is 0.426 e. The summed E-state index contributed by atoms with van der Waals surface area (Å²) in [6, 6.07) is 10.7. The molecule has 2 heterocycles. The number of anilines is 1. The Hall–Kier alpha value is -3.03. The number of aromatic nitrogens is 2. The van der Waals surface area contributed by atoms with Crippen LogP contribution in [0.5, 0.6) is 0 Å². The molecule has 1 aliphatic heterocycles. The van der Waals surface area contributed by atoms with E-state index in [4.69, 9.17) is 0 Å². The lowest BCUT2D eigenvalue weighted by Gasteiger charge is -2.44. The van der Waals surface area contributed by atoms with E-state index in [2.05, 4.69) is 14.9 Å². The van der Waals surface area contributed by atoms with Crippen LogP contribution in [0.3, 0.4) is 0 Å². The number of rotatable bonds is 4. The molecular weight excluding hydrogens is 449 g/mol. The van der Waals surface area contributed by atoms with Gasteiger partial charge in [-0.25, -0.2) is 13.8 Å². The van der Waals surface area contributed by atoms with Gasteiger partial charge >= 0.3 is 6.18 Å². The van der Waals surface area contributed by atoms with Crippen LogP contribution in [0, 0.1) is 5.82 Å². The molecule has 2 aliphatic rings. The Bertz CT molecular complexity index is 1180. The van der Waals surface area contributed by atoms with Crippen molar-refractivity contribution in [2.24, 2.45) is 0 Å². The zero-order valence-electron chi connectivity index (χ0n) is 18.6. The molecule has 5 rings (SSSR count). The molecule has 0 bridgehead atoms. The molecule has 0 spiro atoms. The van der Waals surface area contributed by atoms with E-state index >= 15 is 0 Å². The average Bonchev–Trinajstić information content (AvgIpc) is 3.19. The van der Waals surface area contributed by atoms with Crippen molar-refractivity contribution in [3.63, 3.8) is 0 Å². The minimum atomic E-state index is -5.00. The molecule has 34 heavy (non-hydrogen) atoms. The highest BCUT2D eigenvalue weighted by atomic mass is 19.4. The summed E-state index contributed by atoms with van der Waals surface area (Å²) in [5, 5.41) is 0. The third-order valence-electron chi connectivity index (χ3n) is 7.49. The van der Waals surface area contributed by atoms with Gasteiger partial charge in [0.15, 0.2) is 0 Å². The smallest absolute Gasteiger partial charge is 0.351 e. The van der Waals surface area contributed by atoms with Gasteiger partial charge in [-0.05, 0) is 67.0 Å². The number of hydrogen-bond acceptors (Lipinski definition) is 3. The Balaban J connectivity index is 1.60. The van der Waals surface area contributed by atoms with Crippen molar-refractivity contribution in [2.45, 2.75) is 55.9 Å². The van der Waals surface area contributed by atoms with Crippen molar-refractivity contribution in [1.82, 2.24) is 9.97 Å². The van der Waals surface area contributed by atoms with Crippen molar-refractivity contribution in [3.8, 4) is 0 Å². The Morgan fingerprint density at radius 2 is 1.82 bits per heavy atom. The zero-order chi connectivity index (χ0) is 24.1. The van der Waals surface area contributed by atoms with Crippen molar-refractivity contribution in [1.29, 1.82) is 0 Å². The van der Waals surface area contributed by atoms with Crippen LogP contribution in [0.25, 0.3) is 0 Å². The first-order valence-electron chi connectivity index (χ1n) is 11.3. The topological polar surface area (TPSA) is 29.0 Å². The predicted octanol–water partition coefficient (Wildman–Crippen LogP) is 6.07. The molecule has 1 aromatic heterocycles. The SMILES string of the molecule is CC(F)(c1ccc2c(c1)CC[C@H]1N(c3cnccn3)CC[C@@]21Cc1ccc(F)cc1)C(F)(F)F. The van der Waals surface area contributed by atoms with Gasteiger partial charge in [-0.2, -0.15) is 13.2 Å². The highest BCUT2D eigenvalue weighted by molar-refractivity contribution is 5.52. The minimum Gasteiger partial charge on any atom is -0.351 e. The van der Waals surface area contributed by atoms with Crippen LogP contribution in [-0.4, -0.2) is 28.7 Å². The summed E-state index contributed by atoms with van der Waals surface area (Å²) in [5.74, 6) is 0.426. The molecule has 1 aliphatic carbocycles. The number of hydrogen-bond donors (Lipinski definition) is 0. The summed E-state index contributed by atoms with van der Waals surface area (Å²) in [6.07, 6.45) is 2.50. The predicted molar refractivity (Wildman–Crippen MR) is 119 cm³/mol. The van der Waals surface area contributed by atoms with Gasteiger partial charge < -0.3 is 4.90 Å². The van der Waals surface area contributed by atoms with Crippen LogP contribution in [0.15, 0.2) is 61.1 Å². The van der Waals surface area contributed by atoms with E-state index in [1.165, 1.54) is 24.3 Å². The Kier molecular flexibility index (Phi) is 5.37. The van der Waals surface area contributed by atoms with E-state index in [9.17, 15) is 22.0 Å². The molecule has 1 unspecified atom stereocenters. The van der Waals surface area contributed by atoms with E-state index in [1.54, 1.807) is 36.8 Å². The lowest BCUT2D eigenvalue weighted by Crippen LogP contribution is -2.48. The molecule has 3 aromatic rings. The molecule has 1 fully saturated rings. The summed E-state index contributed by atoms with van der Waals surface area (Å²) in [7, 11) is 0. The third kappa shape index (κ3) is 3.63. The van der Waals surface area contributed by atoms with Crippen LogP contribution in [0.1, 0.15) is 42.0 Å². The van der Waals surface area contributed by atoms with Crippen LogP contribution in [-0.2, 0) is 23.9 Å². The number of nitrogens with zero attached hydrogens (tertiary/aromatic N) is 3. The summed E-state index contributed by atoms with van der Waals surface area (Å²) in [6.45, 7) is 1.27. The highest BCUT2D eigenvalue weighted by Crippen LogP contribution is 2.51. The number of halogens is 5. The van der Waals surface area contributed by atoms with E-state index in [0.29, 0.717) is 32.7 Å². The van der Waals surface area contributed by atoms with Crippen LogP contribution in [0.4, 0.5) is 27.8 Å². The van der Waals surface area contributed by atoms with Gasteiger partial charge in [0.1, 0.15) is 11.6 Å². The number of aryl methyl sites for hydroxylation is 1. The van der Waals surface area contributed by atoms with Crippen molar-refractivity contribution in [2.75, 3.05) is 11.4 Å². The normalized spacial score (nSPS) is 23.8. The van der Waals surface area contributed by atoms with Crippen LogP contribution < -0.4 is 4.90 Å². The Labute approximate surface area is 194 Å². The van der Waals surface area contributed by atoms with Gasteiger partial charge in [0.05, 0.1) is 6.20 Å². The number of fused-ring (bicyclic) bond motifs is 3.